The standard InChI is InChI=1S/C20H29N3O4S/c1-15-7-5-6-14-23(15)28(26,27)18-12-10-17(11-13-18)20(25)22-21-19(24)16-8-3-2-4-9-16/h10-13,15-16H,2-9,14H2,1H3,(H,21,24)(H,22,25)/t15-/m1/s1. The zero-order chi connectivity index (χ0) is 20.1. The molecule has 1 heterocycles. The predicted octanol–water partition coefficient (Wildman–Crippen LogP) is 2.59. The normalized spacial score (nSPS) is 21.8. The molecule has 0 unspecified atom stereocenters. The number of carbonyl (C=O) groups excluding carboxylic acids is 2. The maximum absolute atomic E-state index is 12.8. The van der Waals surface area contributed by atoms with Crippen molar-refractivity contribution in [1.82, 2.24) is 15.2 Å². The first-order valence-electron chi connectivity index (χ1n) is 10.1. The average Bonchev–Trinajstić information content (AvgIpc) is 2.72. The van der Waals surface area contributed by atoms with E-state index in [-0.39, 0.29) is 22.8 Å². The van der Waals surface area contributed by atoms with Crippen LogP contribution in [0.4, 0.5) is 0 Å². The first-order chi connectivity index (χ1) is 13.4. The molecule has 1 aliphatic carbocycles. The van der Waals surface area contributed by atoms with E-state index in [0.717, 1.165) is 51.4 Å². The van der Waals surface area contributed by atoms with Gasteiger partial charge in [0.1, 0.15) is 0 Å². The highest BCUT2D eigenvalue weighted by molar-refractivity contribution is 7.89. The van der Waals surface area contributed by atoms with Crippen molar-refractivity contribution in [1.29, 1.82) is 0 Å². The Morgan fingerprint density at radius 3 is 2.21 bits per heavy atom. The summed E-state index contributed by atoms with van der Waals surface area (Å²) in [5, 5.41) is 0. The molecular formula is C20H29N3O4S. The molecule has 2 aliphatic rings. The zero-order valence-corrected chi connectivity index (χ0v) is 17.1. The summed E-state index contributed by atoms with van der Waals surface area (Å²) in [5.41, 5.74) is 5.21. The molecule has 2 fully saturated rings. The van der Waals surface area contributed by atoms with Crippen molar-refractivity contribution in [2.75, 3.05) is 6.54 Å². The number of sulfonamides is 1. The number of hydrazine groups is 1. The van der Waals surface area contributed by atoms with Crippen molar-refractivity contribution in [2.45, 2.75) is 69.2 Å². The molecule has 1 aromatic carbocycles. The Morgan fingerprint density at radius 2 is 1.57 bits per heavy atom. The Balaban J connectivity index is 1.60. The lowest BCUT2D eigenvalue weighted by Gasteiger charge is -2.32. The lowest BCUT2D eigenvalue weighted by Crippen LogP contribution is -2.45. The van der Waals surface area contributed by atoms with E-state index in [4.69, 9.17) is 0 Å². The van der Waals surface area contributed by atoms with Gasteiger partial charge in [-0.1, -0.05) is 25.7 Å². The number of hydrogen-bond acceptors (Lipinski definition) is 4. The molecule has 0 aromatic heterocycles. The van der Waals surface area contributed by atoms with Gasteiger partial charge in [-0.3, -0.25) is 20.4 Å². The van der Waals surface area contributed by atoms with Gasteiger partial charge in [0.15, 0.2) is 0 Å². The Kier molecular flexibility index (Phi) is 6.72. The number of benzene rings is 1. The van der Waals surface area contributed by atoms with Crippen molar-refractivity contribution in [2.24, 2.45) is 5.92 Å². The van der Waals surface area contributed by atoms with Gasteiger partial charge < -0.3 is 0 Å². The molecule has 1 atom stereocenters. The van der Waals surface area contributed by atoms with E-state index < -0.39 is 15.9 Å². The molecule has 3 rings (SSSR count). The molecule has 8 heteroatoms. The Labute approximate surface area is 166 Å². The fraction of sp³-hybridized carbons (Fsp3) is 0.600. The largest absolute Gasteiger partial charge is 0.273 e. The maximum Gasteiger partial charge on any atom is 0.269 e. The number of carbonyl (C=O) groups is 2. The van der Waals surface area contributed by atoms with E-state index in [1.165, 1.54) is 28.6 Å². The minimum Gasteiger partial charge on any atom is -0.273 e. The highest BCUT2D eigenvalue weighted by Gasteiger charge is 2.31. The molecule has 1 saturated carbocycles. The second-order valence-corrected chi connectivity index (χ2v) is 9.65. The van der Waals surface area contributed by atoms with Crippen LogP contribution in [-0.2, 0) is 14.8 Å². The minimum absolute atomic E-state index is 0.0169. The Bertz CT molecular complexity index is 801. The van der Waals surface area contributed by atoms with Crippen LogP contribution in [0.3, 0.4) is 0 Å². The number of amides is 2. The quantitative estimate of drug-likeness (QED) is 0.750. The van der Waals surface area contributed by atoms with Gasteiger partial charge >= 0.3 is 0 Å². The van der Waals surface area contributed by atoms with Crippen LogP contribution in [0, 0.1) is 5.92 Å². The van der Waals surface area contributed by atoms with E-state index in [9.17, 15) is 18.0 Å². The number of nitrogens with zero attached hydrogens (tertiary/aromatic N) is 1. The lowest BCUT2D eigenvalue weighted by atomic mass is 9.89. The monoisotopic (exact) mass is 407 g/mol. The number of rotatable bonds is 4. The number of nitrogens with one attached hydrogen (secondary N) is 2. The maximum atomic E-state index is 12.8. The summed E-state index contributed by atoms with van der Waals surface area (Å²) >= 11 is 0. The van der Waals surface area contributed by atoms with E-state index in [1.54, 1.807) is 0 Å². The topological polar surface area (TPSA) is 95.6 Å². The van der Waals surface area contributed by atoms with E-state index in [0.29, 0.717) is 12.1 Å². The molecule has 0 bridgehead atoms. The van der Waals surface area contributed by atoms with Gasteiger partial charge in [-0.05, 0) is 56.9 Å². The van der Waals surface area contributed by atoms with E-state index in [1.807, 2.05) is 6.92 Å². The highest BCUT2D eigenvalue weighted by Crippen LogP contribution is 2.25. The van der Waals surface area contributed by atoms with Crippen LogP contribution in [0.5, 0.6) is 0 Å². The average molecular weight is 408 g/mol. The molecular weight excluding hydrogens is 378 g/mol. The third-order valence-electron chi connectivity index (χ3n) is 5.74. The molecule has 2 N–H and O–H groups in total. The highest BCUT2D eigenvalue weighted by atomic mass is 32.2. The summed E-state index contributed by atoms with van der Waals surface area (Å²) in [5.74, 6) is -0.668. The van der Waals surface area contributed by atoms with Crippen LogP contribution in [-0.4, -0.2) is 37.1 Å². The number of piperidine rings is 1. The molecule has 1 aliphatic heterocycles. The van der Waals surface area contributed by atoms with Crippen LogP contribution in [0.15, 0.2) is 29.2 Å². The lowest BCUT2D eigenvalue weighted by molar-refractivity contribution is -0.126. The summed E-state index contributed by atoms with van der Waals surface area (Å²) in [4.78, 5) is 24.6. The molecule has 154 valence electrons. The summed E-state index contributed by atoms with van der Waals surface area (Å²) in [6.07, 6.45) is 7.70. The first kappa shape index (κ1) is 20.8. The van der Waals surface area contributed by atoms with Crippen LogP contribution >= 0.6 is 0 Å². The van der Waals surface area contributed by atoms with E-state index >= 15 is 0 Å². The molecule has 0 spiro atoms. The van der Waals surface area contributed by atoms with Crippen molar-refractivity contribution < 1.29 is 18.0 Å². The second kappa shape index (κ2) is 9.05. The minimum atomic E-state index is -3.56. The van der Waals surface area contributed by atoms with Gasteiger partial charge in [-0.25, -0.2) is 8.42 Å². The summed E-state index contributed by atoms with van der Waals surface area (Å²) < 4.78 is 27.2. The van der Waals surface area contributed by atoms with Gasteiger partial charge in [-0.2, -0.15) is 4.31 Å². The Hall–Kier alpha value is -1.93. The van der Waals surface area contributed by atoms with Crippen LogP contribution in [0.1, 0.15) is 68.6 Å². The van der Waals surface area contributed by atoms with Gasteiger partial charge in [-0.15, -0.1) is 0 Å². The molecule has 1 aromatic rings. The molecule has 1 saturated heterocycles. The summed E-state index contributed by atoms with van der Waals surface area (Å²) in [7, 11) is -3.56. The van der Waals surface area contributed by atoms with Gasteiger partial charge in [0.25, 0.3) is 5.91 Å². The fourth-order valence-corrected chi connectivity index (χ4v) is 5.70. The smallest absolute Gasteiger partial charge is 0.269 e. The first-order valence-corrected chi connectivity index (χ1v) is 11.6. The molecule has 2 amide bonds. The fourth-order valence-electron chi connectivity index (χ4n) is 4.00. The molecule has 7 nitrogen and oxygen atoms in total. The van der Waals surface area contributed by atoms with Crippen molar-refractivity contribution in [3.8, 4) is 0 Å². The summed E-state index contributed by atoms with van der Waals surface area (Å²) in [6.45, 7) is 2.45. The Morgan fingerprint density at radius 1 is 0.929 bits per heavy atom. The third kappa shape index (κ3) is 4.72. The van der Waals surface area contributed by atoms with Crippen LogP contribution in [0.25, 0.3) is 0 Å². The van der Waals surface area contributed by atoms with Gasteiger partial charge in [0.05, 0.1) is 4.90 Å². The van der Waals surface area contributed by atoms with Crippen molar-refractivity contribution in [3.05, 3.63) is 29.8 Å². The predicted molar refractivity (Wildman–Crippen MR) is 106 cm³/mol. The van der Waals surface area contributed by atoms with E-state index in [2.05, 4.69) is 10.9 Å². The third-order valence-corrected chi connectivity index (χ3v) is 7.77. The van der Waals surface area contributed by atoms with Crippen LogP contribution in [0.2, 0.25) is 0 Å². The molecule has 0 radical (unpaired) electrons. The SMILES string of the molecule is C[C@@H]1CCCCN1S(=O)(=O)c1ccc(C(=O)NNC(=O)C2CCCCC2)cc1. The second-order valence-electron chi connectivity index (χ2n) is 7.76. The van der Waals surface area contributed by atoms with Gasteiger partial charge in [0.2, 0.25) is 15.9 Å². The van der Waals surface area contributed by atoms with Gasteiger partial charge in [0, 0.05) is 24.1 Å². The van der Waals surface area contributed by atoms with Crippen molar-refractivity contribution in [3.63, 3.8) is 0 Å². The zero-order valence-electron chi connectivity index (χ0n) is 16.3. The van der Waals surface area contributed by atoms with Crippen LogP contribution < -0.4 is 10.9 Å². The van der Waals surface area contributed by atoms with Crippen molar-refractivity contribution >= 4 is 21.8 Å². The number of hydrogen-bond donors (Lipinski definition) is 2. The molecule has 28 heavy (non-hydrogen) atoms. The summed E-state index contributed by atoms with van der Waals surface area (Å²) in [6, 6.07) is 5.84.